The molecule has 3 nitrogen and oxygen atoms in total. The summed E-state index contributed by atoms with van der Waals surface area (Å²) in [7, 11) is 1.98. The van der Waals surface area contributed by atoms with Crippen LogP contribution in [0.4, 0.5) is 10.2 Å². The van der Waals surface area contributed by atoms with Crippen molar-refractivity contribution in [3.8, 4) is 0 Å². The van der Waals surface area contributed by atoms with E-state index in [0.717, 1.165) is 30.0 Å². The molecule has 0 atom stereocenters. The lowest BCUT2D eigenvalue weighted by Crippen LogP contribution is -2.19. The van der Waals surface area contributed by atoms with Gasteiger partial charge in [-0.2, -0.15) is 0 Å². The first-order chi connectivity index (χ1) is 10.1. The van der Waals surface area contributed by atoms with E-state index in [-0.39, 0.29) is 5.82 Å². The summed E-state index contributed by atoms with van der Waals surface area (Å²) in [6.07, 6.45) is 1.90. The minimum atomic E-state index is -0.202. The Labute approximate surface area is 125 Å². The van der Waals surface area contributed by atoms with Crippen LogP contribution in [0.5, 0.6) is 0 Å². The van der Waals surface area contributed by atoms with Crippen LogP contribution in [-0.2, 0) is 13.1 Å². The first-order valence-corrected chi connectivity index (χ1v) is 7.22. The van der Waals surface area contributed by atoms with E-state index in [4.69, 9.17) is 0 Å². The van der Waals surface area contributed by atoms with Crippen LogP contribution in [0.15, 0.2) is 36.5 Å². The van der Waals surface area contributed by atoms with Crippen LogP contribution in [-0.4, -0.2) is 18.6 Å². The van der Waals surface area contributed by atoms with Gasteiger partial charge in [-0.1, -0.05) is 19.1 Å². The van der Waals surface area contributed by atoms with Crippen molar-refractivity contribution >= 4 is 5.82 Å². The lowest BCUT2D eigenvalue weighted by molar-refractivity contribution is 0.625. The molecule has 0 radical (unpaired) electrons. The van der Waals surface area contributed by atoms with Crippen LogP contribution in [0.1, 0.15) is 23.6 Å². The number of halogens is 1. The van der Waals surface area contributed by atoms with Crippen molar-refractivity contribution in [2.75, 3.05) is 18.5 Å². The molecule has 0 fully saturated rings. The van der Waals surface area contributed by atoms with Gasteiger partial charge in [0.15, 0.2) is 0 Å². The number of rotatable bonds is 6. The third-order valence-electron chi connectivity index (χ3n) is 3.36. The predicted molar refractivity (Wildman–Crippen MR) is 84.9 cm³/mol. The molecule has 0 saturated heterocycles. The molecule has 0 unspecified atom stereocenters. The van der Waals surface area contributed by atoms with Crippen molar-refractivity contribution < 1.29 is 4.39 Å². The topological polar surface area (TPSA) is 28.2 Å². The summed E-state index contributed by atoms with van der Waals surface area (Å²) in [6.45, 7) is 6.55. The number of nitrogens with zero attached hydrogens (tertiary/aromatic N) is 2. The molecule has 2 rings (SSSR count). The second kappa shape index (κ2) is 7.18. The molecule has 0 bridgehead atoms. The minimum absolute atomic E-state index is 0.202. The van der Waals surface area contributed by atoms with Gasteiger partial charge in [0.2, 0.25) is 0 Å². The van der Waals surface area contributed by atoms with Crippen LogP contribution < -0.4 is 10.2 Å². The number of aryl methyl sites for hydroxylation is 1. The average molecular weight is 287 g/mol. The maximum Gasteiger partial charge on any atom is 0.131 e. The van der Waals surface area contributed by atoms with Gasteiger partial charge >= 0.3 is 0 Å². The smallest absolute Gasteiger partial charge is 0.131 e. The van der Waals surface area contributed by atoms with Crippen LogP contribution in [0, 0.1) is 12.7 Å². The van der Waals surface area contributed by atoms with E-state index < -0.39 is 0 Å². The Hall–Kier alpha value is -1.94. The quantitative estimate of drug-likeness (QED) is 0.884. The summed E-state index contributed by atoms with van der Waals surface area (Å²) >= 11 is 0. The molecule has 21 heavy (non-hydrogen) atoms. The molecule has 0 aliphatic rings. The van der Waals surface area contributed by atoms with E-state index >= 15 is 0 Å². The number of pyridine rings is 1. The third kappa shape index (κ3) is 4.26. The molecule has 1 aromatic heterocycles. The van der Waals surface area contributed by atoms with Gasteiger partial charge in [-0.15, -0.1) is 0 Å². The minimum Gasteiger partial charge on any atom is -0.355 e. The zero-order valence-corrected chi connectivity index (χ0v) is 12.9. The molecular formula is C17H22FN3. The van der Waals surface area contributed by atoms with Crippen LogP contribution in [0.3, 0.4) is 0 Å². The van der Waals surface area contributed by atoms with Gasteiger partial charge in [-0.25, -0.2) is 9.37 Å². The predicted octanol–water partition coefficient (Wildman–Crippen LogP) is 3.28. The second-order valence-corrected chi connectivity index (χ2v) is 5.25. The first kappa shape index (κ1) is 15.4. The Balaban J connectivity index is 2.10. The Kier molecular flexibility index (Phi) is 5.28. The zero-order valence-electron chi connectivity index (χ0n) is 12.9. The number of aromatic nitrogens is 1. The average Bonchev–Trinajstić information content (AvgIpc) is 2.45. The number of hydrogen-bond acceptors (Lipinski definition) is 3. The summed E-state index contributed by atoms with van der Waals surface area (Å²) in [5, 5.41) is 3.29. The molecule has 0 spiro atoms. The van der Waals surface area contributed by atoms with Gasteiger partial charge in [0.25, 0.3) is 0 Å². The van der Waals surface area contributed by atoms with Crippen LogP contribution in [0.25, 0.3) is 0 Å². The third-order valence-corrected chi connectivity index (χ3v) is 3.36. The largest absolute Gasteiger partial charge is 0.355 e. The molecular weight excluding hydrogens is 265 g/mol. The van der Waals surface area contributed by atoms with Crippen molar-refractivity contribution in [3.63, 3.8) is 0 Å². The van der Waals surface area contributed by atoms with E-state index in [0.29, 0.717) is 6.54 Å². The fourth-order valence-electron chi connectivity index (χ4n) is 2.38. The lowest BCUT2D eigenvalue weighted by Gasteiger charge is -2.21. The molecule has 1 heterocycles. The summed E-state index contributed by atoms with van der Waals surface area (Å²) < 4.78 is 13.2. The summed E-state index contributed by atoms with van der Waals surface area (Å²) in [5.41, 5.74) is 3.25. The van der Waals surface area contributed by atoms with Crippen molar-refractivity contribution in [1.29, 1.82) is 0 Å². The fraction of sp³-hybridized carbons (Fsp3) is 0.353. The highest BCUT2D eigenvalue weighted by Crippen LogP contribution is 2.19. The highest BCUT2D eigenvalue weighted by Gasteiger charge is 2.08. The maximum atomic E-state index is 13.2. The Morgan fingerprint density at radius 2 is 2.05 bits per heavy atom. The van der Waals surface area contributed by atoms with Crippen LogP contribution >= 0.6 is 0 Å². The summed E-state index contributed by atoms with van der Waals surface area (Å²) in [4.78, 5) is 6.58. The Bertz CT molecular complexity index is 598. The molecule has 0 saturated carbocycles. The SMILES string of the molecule is CCNCc1cnc(N(C)Cc2cccc(F)c2)c(C)c1. The number of hydrogen-bond donors (Lipinski definition) is 1. The van der Waals surface area contributed by atoms with E-state index in [1.807, 2.05) is 24.2 Å². The Morgan fingerprint density at radius 3 is 2.71 bits per heavy atom. The van der Waals surface area contributed by atoms with Crippen molar-refractivity contribution in [2.45, 2.75) is 26.9 Å². The van der Waals surface area contributed by atoms with Crippen molar-refractivity contribution in [2.24, 2.45) is 0 Å². The summed E-state index contributed by atoms with van der Waals surface area (Å²) in [6, 6.07) is 8.83. The van der Waals surface area contributed by atoms with Gasteiger partial charge in [0.05, 0.1) is 0 Å². The van der Waals surface area contributed by atoms with Gasteiger partial charge < -0.3 is 10.2 Å². The molecule has 0 amide bonds. The number of benzene rings is 1. The van der Waals surface area contributed by atoms with Crippen LogP contribution in [0.2, 0.25) is 0 Å². The first-order valence-electron chi connectivity index (χ1n) is 7.22. The maximum absolute atomic E-state index is 13.2. The van der Waals surface area contributed by atoms with E-state index in [9.17, 15) is 4.39 Å². The monoisotopic (exact) mass is 287 g/mol. The Morgan fingerprint density at radius 1 is 1.24 bits per heavy atom. The lowest BCUT2D eigenvalue weighted by atomic mass is 10.1. The highest BCUT2D eigenvalue weighted by atomic mass is 19.1. The van der Waals surface area contributed by atoms with Gasteiger partial charge in [0, 0.05) is 26.3 Å². The second-order valence-electron chi connectivity index (χ2n) is 5.25. The van der Waals surface area contributed by atoms with Gasteiger partial charge in [-0.05, 0) is 48.4 Å². The number of nitrogens with one attached hydrogen (secondary N) is 1. The van der Waals surface area contributed by atoms with Gasteiger partial charge in [-0.3, -0.25) is 0 Å². The molecule has 1 aromatic carbocycles. The van der Waals surface area contributed by atoms with E-state index in [1.165, 1.54) is 11.6 Å². The zero-order chi connectivity index (χ0) is 15.2. The van der Waals surface area contributed by atoms with Crippen molar-refractivity contribution in [3.05, 3.63) is 59.0 Å². The fourth-order valence-corrected chi connectivity index (χ4v) is 2.38. The van der Waals surface area contributed by atoms with Crippen molar-refractivity contribution in [1.82, 2.24) is 10.3 Å². The highest BCUT2D eigenvalue weighted by molar-refractivity contribution is 5.47. The van der Waals surface area contributed by atoms with E-state index in [1.54, 1.807) is 12.1 Å². The molecule has 4 heteroatoms. The molecule has 0 aliphatic carbocycles. The standard InChI is InChI=1S/C17H22FN3/c1-4-19-10-15-8-13(2)17(20-11-15)21(3)12-14-6-5-7-16(18)9-14/h5-9,11,19H,4,10,12H2,1-3H3. The normalized spacial score (nSPS) is 10.7. The molecule has 1 N–H and O–H groups in total. The summed E-state index contributed by atoms with van der Waals surface area (Å²) in [5.74, 6) is 0.728. The van der Waals surface area contributed by atoms with E-state index in [2.05, 4.69) is 30.2 Å². The molecule has 2 aromatic rings. The molecule has 112 valence electrons. The number of anilines is 1. The van der Waals surface area contributed by atoms with Gasteiger partial charge in [0.1, 0.15) is 11.6 Å². The molecule has 0 aliphatic heterocycles.